The van der Waals surface area contributed by atoms with Gasteiger partial charge in [0.05, 0.1) is 0 Å². The third-order valence-corrected chi connectivity index (χ3v) is 4.44. The van der Waals surface area contributed by atoms with Crippen molar-refractivity contribution in [3.8, 4) is 0 Å². The zero-order valence-corrected chi connectivity index (χ0v) is 11.2. The molecule has 1 N–H and O–H groups in total. The number of carbonyl (C=O) groups is 1. The number of hydrogen-bond acceptors (Lipinski definition) is 1. The molecule has 3 rings (SSSR count). The van der Waals surface area contributed by atoms with Gasteiger partial charge < -0.3 is 5.32 Å². The molecular weight excluding hydrogens is 234 g/mol. The van der Waals surface area contributed by atoms with Crippen molar-refractivity contribution in [2.45, 2.75) is 32.2 Å². The molecule has 100 valence electrons. The summed E-state index contributed by atoms with van der Waals surface area (Å²) in [6, 6.07) is 10.1. The molecular formula is C17H21NO. The second kappa shape index (κ2) is 5.60. The Morgan fingerprint density at radius 2 is 1.68 bits per heavy atom. The van der Waals surface area contributed by atoms with Crippen molar-refractivity contribution in [1.29, 1.82) is 0 Å². The fraction of sp³-hybridized carbons (Fsp3) is 0.471. The number of carbonyl (C=O) groups excluding carboxylic acids is 1. The van der Waals surface area contributed by atoms with Crippen LogP contribution in [0.2, 0.25) is 0 Å². The summed E-state index contributed by atoms with van der Waals surface area (Å²) >= 11 is 0. The summed E-state index contributed by atoms with van der Waals surface area (Å²) in [6.45, 7) is 0.661. The second-order valence-electron chi connectivity index (χ2n) is 5.68. The Bertz CT molecular complexity index is 449. The maximum Gasteiger partial charge on any atom is 0.223 e. The van der Waals surface area contributed by atoms with Crippen LogP contribution in [0.4, 0.5) is 0 Å². The first-order valence-corrected chi connectivity index (χ1v) is 7.33. The largest absolute Gasteiger partial charge is 0.352 e. The lowest BCUT2D eigenvalue weighted by Crippen LogP contribution is -2.25. The summed E-state index contributed by atoms with van der Waals surface area (Å²) in [5.74, 6) is 1.82. The monoisotopic (exact) mass is 255 g/mol. The summed E-state index contributed by atoms with van der Waals surface area (Å²) in [5, 5.41) is 3.10. The Balaban J connectivity index is 1.52. The zero-order chi connectivity index (χ0) is 13.1. The molecule has 0 radical (unpaired) electrons. The predicted molar refractivity (Wildman–Crippen MR) is 76.4 cm³/mol. The molecule has 0 heterocycles. The van der Waals surface area contributed by atoms with Crippen molar-refractivity contribution in [3.63, 3.8) is 0 Å². The number of nitrogens with one attached hydrogen (secondary N) is 1. The van der Waals surface area contributed by atoms with Crippen LogP contribution in [-0.2, 0) is 11.3 Å². The van der Waals surface area contributed by atoms with Crippen molar-refractivity contribution in [2.75, 3.05) is 0 Å². The van der Waals surface area contributed by atoms with E-state index in [1.807, 2.05) is 18.2 Å². The van der Waals surface area contributed by atoms with E-state index in [9.17, 15) is 4.79 Å². The van der Waals surface area contributed by atoms with Gasteiger partial charge >= 0.3 is 0 Å². The van der Waals surface area contributed by atoms with Gasteiger partial charge in [0.15, 0.2) is 0 Å². The molecule has 19 heavy (non-hydrogen) atoms. The van der Waals surface area contributed by atoms with Crippen LogP contribution in [0.25, 0.3) is 0 Å². The molecule has 0 aromatic heterocycles. The quantitative estimate of drug-likeness (QED) is 0.825. The first-order chi connectivity index (χ1) is 9.36. The Hall–Kier alpha value is -1.57. The van der Waals surface area contributed by atoms with E-state index < -0.39 is 0 Å². The maximum absolute atomic E-state index is 12.2. The van der Waals surface area contributed by atoms with Gasteiger partial charge in [-0.1, -0.05) is 42.5 Å². The Morgan fingerprint density at radius 3 is 2.32 bits per heavy atom. The third kappa shape index (κ3) is 2.89. The van der Waals surface area contributed by atoms with Crippen molar-refractivity contribution in [2.24, 2.45) is 17.8 Å². The van der Waals surface area contributed by atoms with Crippen LogP contribution in [0, 0.1) is 17.8 Å². The average molecular weight is 255 g/mol. The van der Waals surface area contributed by atoms with E-state index in [1.54, 1.807) is 0 Å². The molecule has 0 spiro atoms. The van der Waals surface area contributed by atoms with Gasteiger partial charge in [-0.15, -0.1) is 0 Å². The van der Waals surface area contributed by atoms with Gasteiger partial charge in [0.25, 0.3) is 0 Å². The van der Waals surface area contributed by atoms with Crippen molar-refractivity contribution in [3.05, 3.63) is 48.0 Å². The molecule has 1 saturated carbocycles. The average Bonchev–Trinajstić information content (AvgIpc) is 3.08. The minimum Gasteiger partial charge on any atom is -0.352 e. The van der Waals surface area contributed by atoms with Crippen LogP contribution in [0.15, 0.2) is 42.5 Å². The van der Waals surface area contributed by atoms with E-state index in [2.05, 4.69) is 29.6 Å². The highest BCUT2D eigenvalue weighted by atomic mass is 16.2. The fourth-order valence-corrected chi connectivity index (χ4v) is 3.34. The highest BCUT2D eigenvalue weighted by Gasteiger charge is 2.52. The summed E-state index contributed by atoms with van der Waals surface area (Å²) in [7, 11) is 0. The molecule has 2 atom stereocenters. The van der Waals surface area contributed by atoms with E-state index in [-0.39, 0.29) is 11.8 Å². The normalized spacial score (nSPS) is 28.9. The van der Waals surface area contributed by atoms with Crippen LogP contribution >= 0.6 is 0 Å². The van der Waals surface area contributed by atoms with Crippen LogP contribution < -0.4 is 5.32 Å². The lowest BCUT2D eigenvalue weighted by atomic mass is 10.1. The smallest absolute Gasteiger partial charge is 0.223 e. The molecule has 1 aromatic carbocycles. The number of benzene rings is 1. The van der Waals surface area contributed by atoms with E-state index >= 15 is 0 Å². The van der Waals surface area contributed by atoms with Crippen LogP contribution in [0.3, 0.4) is 0 Å². The van der Waals surface area contributed by atoms with Crippen LogP contribution in [0.5, 0.6) is 0 Å². The van der Waals surface area contributed by atoms with Crippen LogP contribution in [-0.4, -0.2) is 5.91 Å². The van der Waals surface area contributed by atoms with Gasteiger partial charge in [0.1, 0.15) is 0 Å². The first kappa shape index (κ1) is 12.5. The van der Waals surface area contributed by atoms with E-state index in [4.69, 9.17) is 0 Å². The van der Waals surface area contributed by atoms with E-state index in [0.29, 0.717) is 18.4 Å². The topological polar surface area (TPSA) is 29.1 Å². The molecule has 1 amide bonds. The third-order valence-electron chi connectivity index (χ3n) is 4.44. The van der Waals surface area contributed by atoms with Crippen LogP contribution in [0.1, 0.15) is 31.2 Å². The van der Waals surface area contributed by atoms with Crippen molar-refractivity contribution >= 4 is 5.91 Å². The van der Waals surface area contributed by atoms with E-state index in [0.717, 1.165) is 12.8 Å². The molecule has 0 aliphatic heterocycles. The maximum atomic E-state index is 12.2. The standard InChI is InChI=1S/C17H21NO/c19-17(18-12-13-8-4-3-5-9-13)16-14-10-6-1-2-7-11-15(14)16/h1-5,8-9,14-16H,6-7,10-12H2,(H,18,19)/t14-,15-/m0/s1. The minimum absolute atomic E-state index is 0.265. The lowest BCUT2D eigenvalue weighted by Gasteiger charge is -2.04. The molecule has 1 aromatic rings. The fourth-order valence-electron chi connectivity index (χ4n) is 3.34. The second-order valence-corrected chi connectivity index (χ2v) is 5.68. The molecule has 2 aliphatic carbocycles. The van der Waals surface area contributed by atoms with Gasteiger partial charge in [-0.25, -0.2) is 0 Å². The van der Waals surface area contributed by atoms with Gasteiger partial charge in [-0.05, 0) is 43.1 Å². The number of fused-ring (bicyclic) bond motifs is 1. The number of rotatable bonds is 3. The van der Waals surface area contributed by atoms with Crippen molar-refractivity contribution in [1.82, 2.24) is 5.32 Å². The number of allylic oxidation sites excluding steroid dienone is 2. The number of amides is 1. The molecule has 0 bridgehead atoms. The molecule has 0 unspecified atom stereocenters. The summed E-state index contributed by atoms with van der Waals surface area (Å²) in [4.78, 5) is 12.2. The zero-order valence-electron chi connectivity index (χ0n) is 11.2. The molecule has 2 nitrogen and oxygen atoms in total. The molecule has 2 heteroatoms. The predicted octanol–water partition coefficient (Wildman–Crippen LogP) is 3.30. The first-order valence-electron chi connectivity index (χ1n) is 7.33. The Labute approximate surface area is 114 Å². The summed E-state index contributed by atoms with van der Waals surface area (Å²) in [6.07, 6.45) is 9.20. The van der Waals surface area contributed by atoms with Gasteiger partial charge in [0, 0.05) is 12.5 Å². The minimum atomic E-state index is 0.265. The van der Waals surface area contributed by atoms with Gasteiger partial charge in [0.2, 0.25) is 5.91 Å². The lowest BCUT2D eigenvalue weighted by molar-refractivity contribution is -0.123. The van der Waals surface area contributed by atoms with Crippen molar-refractivity contribution < 1.29 is 4.79 Å². The highest BCUT2D eigenvalue weighted by Crippen LogP contribution is 2.52. The Kier molecular flexibility index (Phi) is 3.67. The summed E-state index contributed by atoms with van der Waals surface area (Å²) in [5.41, 5.74) is 1.18. The highest BCUT2D eigenvalue weighted by molar-refractivity contribution is 5.82. The Morgan fingerprint density at radius 1 is 1.05 bits per heavy atom. The molecule has 0 saturated heterocycles. The molecule has 2 aliphatic rings. The van der Waals surface area contributed by atoms with E-state index in [1.165, 1.54) is 18.4 Å². The molecule has 1 fully saturated rings. The number of hydrogen-bond donors (Lipinski definition) is 1. The summed E-state index contributed by atoms with van der Waals surface area (Å²) < 4.78 is 0. The van der Waals surface area contributed by atoms with Gasteiger partial charge in [-0.3, -0.25) is 4.79 Å². The SMILES string of the molecule is O=C(NCc1ccccc1)C1[C@H]2CCC=CCC[C@H]12. The van der Waals surface area contributed by atoms with Gasteiger partial charge in [-0.2, -0.15) is 0 Å².